The number of pyridine rings is 2. The smallest absolute Gasteiger partial charge is 0.422 e. The summed E-state index contributed by atoms with van der Waals surface area (Å²) < 4.78 is 72.7. The maximum absolute atomic E-state index is 12.9. The summed E-state index contributed by atoms with van der Waals surface area (Å²) in [6.45, 7) is 0.256. The molecule has 1 aliphatic heterocycles. The molecule has 9 nitrogen and oxygen atoms in total. The first-order chi connectivity index (χ1) is 16.3. The zero-order valence-corrected chi connectivity index (χ0v) is 19.9. The van der Waals surface area contributed by atoms with Crippen molar-refractivity contribution >= 4 is 32.9 Å². The van der Waals surface area contributed by atoms with Crippen molar-refractivity contribution in [2.45, 2.75) is 31.5 Å². The molecule has 3 aromatic heterocycles. The number of nitrogens with one attached hydrogen (secondary N) is 1. The number of carbonyl (C=O) groups is 1. The molecule has 3 aromatic rings. The quantitative estimate of drug-likeness (QED) is 0.513. The van der Waals surface area contributed by atoms with Gasteiger partial charge in [-0.3, -0.25) is 4.79 Å². The minimum Gasteiger partial charge on any atom is -0.478 e. The van der Waals surface area contributed by atoms with E-state index in [2.05, 4.69) is 15.4 Å². The molecule has 1 fully saturated rings. The fourth-order valence-electron chi connectivity index (χ4n) is 3.49. The molecule has 4 heterocycles. The lowest BCUT2D eigenvalue weighted by Gasteiger charge is -2.34. The Balaban J connectivity index is 1.54. The van der Waals surface area contributed by atoms with Crippen LogP contribution in [0.2, 0.25) is 5.02 Å². The predicted molar refractivity (Wildman–Crippen MR) is 120 cm³/mol. The number of alkyl halides is 3. The zero-order valence-electron chi connectivity index (χ0n) is 18.3. The van der Waals surface area contributed by atoms with Crippen LogP contribution in [0.4, 0.5) is 13.2 Å². The van der Waals surface area contributed by atoms with Gasteiger partial charge in [-0.15, -0.1) is 0 Å². The fraction of sp³-hybridized carbons (Fsp3) is 0.381. The second kappa shape index (κ2) is 9.19. The maximum atomic E-state index is 12.9. The molecule has 0 atom stereocenters. The van der Waals surface area contributed by atoms with Crippen molar-refractivity contribution in [3.05, 3.63) is 47.4 Å². The van der Waals surface area contributed by atoms with E-state index in [1.54, 1.807) is 6.92 Å². The molecule has 35 heavy (non-hydrogen) atoms. The van der Waals surface area contributed by atoms with Crippen LogP contribution >= 0.6 is 11.6 Å². The molecule has 1 saturated heterocycles. The van der Waals surface area contributed by atoms with Crippen molar-refractivity contribution in [3.63, 3.8) is 0 Å². The average Bonchev–Trinajstić information content (AvgIpc) is 3.11. The van der Waals surface area contributed by atoms with Crippen LogP contribution in [0.1, 0.15) is 30.3 Å². The van der Waals surface area contributed by atoms with Gasteiger partial charge in [0.25, 0.3) is 11.8 Å². The molecular formula is C21H20ClF3N4O5S. The van der Waals surface area contributed by atoms with E-state index in [0.29, 0.717) is 5.52 Å². The van der Waals surface area contributed by atoms with Gasteiger partial charge in [-0.05, 0) is 38.0 Å². The topological polar surface area (TPSA) is 112 Å². The summed E-state index contributed by atoms with van der Waals surface area (Å²) in [7, 11) is -3.11. The highest BCUT2D eigenvalue weighted by Gasteiger charge is 2.36. The van der Waals surface area contributed by atoms with Crippen LogP contribution in [0, 0.1) is 0 Å². The van der Waals surface area contributed by atoms with Gasteiger partial charge in [-0.2, -0.15) is 18.3 Å². The van der Waals surface area contributed by atoms with Gasteiger partial charge in [0.15, 0.2) is 18.1 Å². The lowest BCUT2D eigenvalue weighted by atomic mass is 9.94. The summed E-state index contributed by atoms with van der Waals surface area (Å²) in [5.74, 6) is -0.819. The van der Waals surface area contributed by atoms with Gasteiger partial charge in [0.05, 0.1) is 22.0 Å². The van der Waals surface area contributed by atoms with Crippen molar-refractivity contribution in [3.8, 4) is 17.4 Å². The molecule has 0 spiro atoms. The minimum atomic E-state index is -4.53. The number of rotatable bonds is 6. The van der Waals surface area contributed by atoms with E-state index in [1.807, 2.05) is 0 Å². The number of ether oxygens (including phenoxy) is 2. The number of halogens is 4. The van der Waals surface area contributed by atoms with Crippen LogP contribution in [-0.2, 0) is 9.84 Å². The van der Waals surface area contributed by atoms with Crippen LogP contribution in [0.3, 0.4) is 0 Å². The van der Waals surface area contributed by atoms with E-state index < -0.39 is 34.1 Å². The van der Waals surface area contributed by atoms with Crippen LogP contribution in [-0.4, -0.2) is 58.8 Å². The number of nitrogens with zero attached hydrogens (tertiary/aromatic N) is 3. The van der Waals surface area contributed by atoms with Gasteiger partial charge in [-0.1, -0.05) is 11.6 Å². The molecule has 1 aliphatic rings. The van der Waals surface area contributed by atoms with E-state index in [9.17, 15) is 26.4 Å². The molecule has 0 bridgehead atoms. The highest BCUT2D eigenvalue weighted by molar-refractivity contribution is 7.91. The highest BCUT2D eigenvalue weighted by atomic mass is 35.5. The standard InChI is InChI=1S/C21H20ClF3N4O5S/c1-20(5-9-35(31,32)10-6-20)27-18(30)17-16(22)14-11-13(4-8-29(14)28-17)34-19-15(3-2-7-26-19)33-12-21(23,24)25/h2-4,7-8,11H,5-6,9-10,12H2,1H3,(H,27,30). The number of carbonyl (C=O) groups excluding carboxylic acids is 1. The van der Waals surface area contributed by atoms with E-state index >= 15 is 0 Å². The molecule has 14 heteroatoms. The number of aromatic nitrogens is 3. The first-order valence-electron chi connectivity index (χ1n) is 10.4. The number of hydrogen-bond donors (Lipinski definition) is 1. The molecule has 4 rings (SSSR count). The minimum absolute atomic E-state index is 0.0223. The molecule has 0 aromatic carbocycles. The van der Waals surface area contributed by atoms with Gasteiger partial charge in [-0.25, -0.2) is 17.9 Å². The Kier molecular flexibility index (Phi) is 6.58. The Labute approximate surface area is 203 Å². The summed E-state index contributed by atoms with van der Waals surface area (Å²) in [4.78, 5) is 16.8. The molecule has 0 radical (unpaired) electrons. The summed E-state index contributed by atoms with van der Waals surface area (Å²) in [5, 5.41) is 7.04. The van der Waals surface area contributed by atoms with Crippen LogP contribution < -0.4 is 14.8 Å². The molecule has 188 valence electrons. The molecule has 0 saturated carbocycles. The first kappa shape index (κ1) is 25.0. The largest absolute Gasteiger partial charge is 0.478 e. The molecule has 1 N–H and O–H groups in total. The molecule has 0 aliphatic carbocycles. The second-order valence-electron chi connectivity index (χ2n) is 8.33. The van der Waals surface area contributed by atoms with Gasteiger partial charge in [0.1, 0.15) is 15.6 Å². The molecule has 1 amide bonds. The summed E-state index contributed by atoms with van der Waals surface area (Å²) in [6, 6.07) is 5.61. The average molecular weight is 533 g/mol. The Morgan fingerprint density at radius 1 is 1.29 bits per heavy atom. The van der Waals surface area contributed by atoms with E-state index in [4.69, 9.17) is 21.1 Å². The summed E-state index contributed by atoms with van der Waals surface area (Å²) in [5.41, 5.74) is -0.480. The van der Waals surface area contributed by atoms with Crippen LogP contribution in [0.5, 0.6) is 17.4 Å². The lowest BCUT2D eigenvalue weighted by Crippen LogP contribution is -2.51. The highest BCUT2D eigenvalue weighted by Crippen LogP contribution is 2.33. The Hall–Kier alpha value is -3.06. The van der Waals surface area contributed by atoms with Crippen molar-refractivity contribution in [1.82, 2.24) is 19.9 Å². The molecule has 0 unspecified atom stereocenters. The SMILES string of the molecule is CC1(NC(=O)c2nn3ccc(Oc4ncccc4OCC(F)(F)F)cc3c2Cl)CCS(=O)(=O)CC1. The van der Waals surface area contributed by atoms with Crippen LogP contribution in [0.15, 0.2) is 36.7 Å². The van der Waals surface area contributed by atoms with Crippen LogP contribution in [0.25, 0.3) is 5.52 Å². The number of fused-ring (bicyclic) bond motifs is 1. The normalized spacial score (nSPS) is 17.2. The summed E-state index contributed by atoms with van der Waals surface area (Å²) >= 11 is 6.41. The fourth-order valence-corrected chi connectivity index (χ4v) is 5.48. The third-order valence-corrected chi connectivity index (χ3v) is 7.47. The van der Waals surface area contributed by atoms with Gasteiger partial charge in [0.2, 0.25) is 0 Å². The molecular weight excluding hydrogens is 513 g/mol. The number of hydrogen-bond acceptors (Lipinski definition) is 7. The van der Waals surface area contributed by atoms with Gasteiger partial charge >= 0.3 is 6.18 Å². The van der Waals surface area contributed by atoms with E-state index in [0.717, 1.165) is 0 Å². The zero-order chi connectivity index (χ0) is 25.4. The number of amides is 1. The summed E-state index contributed by atoms with van der Waals surface area (Å²) in [6.07, 6.45) is -1.20. The third kappa shape index (κ3) is 5.96. The maximum Gasteiger partial charge on any atom is 0.422 e. The van der Waals surface area contributed by atoms with Crippen molar-refractivity contribution in [2.24, 2.45) is 0 Å². The Morgan fingerprint density at radius 3 is 2.69 bits per heavy atom. The first-order valence-corrected chi connectivity index (χ1v) is 12.6. The van der Waals surface area contributed by atoms with Crippen molar-refractivity contribution in [1.29, 1.82) is 0 Å². The Bertz CT molecular complexity index is 1360. The third-order valence-electron chi connectivity index (χ3n) is 5.45. The van der Waals surface area contributed by atoms with E-state index in [1.165, 1.54) is 41.2 Å². The lowest BCUT2D eigenvalue weighted by molar-refractivity contribution is -0.153. The monoisotopic (exact) mass is 532 g/mol. The van der Waals surface area contributed by atoms with Gasteiger partial charge < -0.3 is 14.8 Å². The van der Waals surface area contributed by atoms with Crippen molar-refractivity contribution in [2.75, 3.05) is 18.1 Å². The number of sulfone groups is 1. The van der Waals surface area contributed by atoms with E-state index in [-0.39, 0.29) is 52.4 Å². The van der Waals surface area contributed by atoms with Crippen molar-refractivity contribution < 1.29 is 35.9 Å². The second-order valence-corrected chi connectivity index (χ2v) is 11.0. The predicted octanol–water partition coefficient (Wildman–Crippen LogP) is 3.81. The van der Waals surface area contributed by atoms with Gasteiger partial charge in [0, 0.05) is 24.0 Å². The Morgan fingerprint density at radius 2 is 2.00 bits per heavy atom.